The fraction of sp³-hybridized carbons (Fsp3) is 0.333. The summed E-state index contributed by atoms with van der Waals surface area (Å²) in [6.07, 6.45) is -1.61. The third kappa shape index (κ3) is 4.57. The van der Waals surface area contributed by atoms with Crippen molar-refractivity contribution >= 4 is 44.3 Å². The van der Waals surface area contributed by atoms with Crippen LogP contribution < -0.4 is 9.64 Å². The average Bonchev–Trinajstić information content (AvgIpc) is 3.16. The van der Waals surface area contributed by atoms with Crippen LogP contribution in [-0.2, 0) is 0 Å². The third-order valence-electron chi connectivity index (χ3n) is 4.42. The average molecular weight is 458 g/mol. The zero-order valence-corrected chi connectivity index (χ0v) is 17.0. The van der Waals surface area contributed by atoms with E-state index < -0.39 is 12.8 Å². The number of thiazole rings is 1. The standard InChI is InChI=1S/C18H15ClF3N5O2S/c19-12-8-11(9-24-14(12)29-10-18(20,21)22)16(28)26-4-6-27(7-5-26)17-25-13-2-1-3-23-15(13)30-17/h1-3,8-9H,4-7,10H2. The molecule has 0 unspecified atom stereocenters. The highest BCUT2D eigenvalue weighted by molar-refractivity contribution is 7.21. The summed E-state index contributed by atoms with van der Waals surface area (Å²) in [4.78, 5) is 30.0. The van der Waals surface area contributed by atoms with Gasteiger partial charge >= 0.3 is 6.18 Å². The van der Waals surface area contributed by atoms with Crippen molar-refractivity contribution in [3.8, 4) is 5.88 Å². The number of hydrogen-bond donors (Lipinski definition) is 0. The van der Waals surface area contributed by atoms with Crippen LogP contribution in [0.4, 0.5) is 18.3 Å². The van der Waals surface area contributed by atoms with E-state index in [0.29, 0.717) is 26.2 Å². The van der Waals surface area contributed by atoms with Crippen LogP contribution in [0.25, 0.3) is 10.3 Å². The Labute approximate surface area is 178 Å². The molecule has 1 fully saturated rings. The Morgan fingerprint density at radius 2 is 2.00 bits per heavy atom. The Kier molecular flexibility index (Phi) is 5.65. The monoisotopic (exact) mass is 457 g/mol. The maximum Gasteiger partial charge on any atom is 0.422 e. The lowest BCUT2D eigenvalue weighted by molar-refractivity contribution is -0.154. The number of amides is 1. The molecule has 4 heterocycles. The number of anilines is 1. The number of carbonyl (C=O) groups is 1. The van der Waals surface area contributed by atoms with E-state index in [0.717, 1.165) is 15.5 Å². The van der Waals surface area contributed by atoms with Crippen molar-refractivity contribution in [1.29, 1.82) is 0 Å². The topological polar surface area (TPSA) is 71.5 Å². The van der Waals surface area contributed by atoms with Crippen molar-refractivity contribution in [1.82, 2.24) is 19.9 Å². The highest BCUT2D eigenvalue weighted by Crippen LogP contribution is 2.28. The van der Waals surface area contributed by atoms with Gasteiger partial charge in [0, 0.05) is 38.6 Å². The molecule has 0 spiro atoms. The summed E-state index contributed by atoms with van der Waals surface area (Å²) in [5, 5.41) is 0.706. The molecule has 0 saturated carbocycles. The summed E-state index contributed by atoms with van der Waals surface area (Å²) >= 11 is 7.43. The van der Waals surface area contributed by atoms with Crippen molar-refractivity contribution in [2.24, 2.45) is 0 Å². The van der Waals surface area contributed by atoms with E-state index in [1.807, 2.05) is 12.1 Å². The van der Waals surface area contributed by atoms with E-state index in [2.05, 4.69) is 24.6 Å². The molecular formula is C18H15ClF3N5O2S. The second-order valence-electron chi connectivity index (χ2n) is 6.52. The van der Waals surface area contributed by atoms with Crippen molar-refractivity contribution in [3.05, 3.63) is 41.2 Å². The van der Waals surface area contributed by atoms with Crippen LogP contribution in [0.1, 0.15) is 10.4 Å². The molecule has 0 aliphatic carbocycles. The third-order valence-corrected chi connectivity index (χ3v) is 5.73. The molecule has 7 nitrogen and oxygen atoms in total. The van der Waals surface area contributed by atoms with Crippen LogP contribution in [0.3, 0.4) is 0 Å². The molecular weight excluding hydrogens is 443 g/mol. The highest BCUT2D eigenvalue weighted by atomic mass is 35.5. The van der Waals surface area contributed by atoms with E-state index in [1.54, 1.807) is 11.1 Å². The highest BCUT2D eigenvalue weighted by Gasteiger charge is 2.29. The first-order valence-electron chi connectivity index (χ1n) is 8.91. The molecule has 1 aliphatic heterocycles. The van der Waals surface area contributed by atoms with Crippen molar-refractivity contribution in [2.45, 2.75) is 6.18 Å². The van der Waals surface area contributed by atoms with Gasteiger partial charge in [-0.1, -0.05) is 22.9 Å². The Hall–Kier alpha value is -2.66. The number of alkyl halides is 3. The molecule has 1 amide bonds. The minimum absolute atomic E-state index is 0.147. The molecule has 0 N–H and O–H groups in total. The van der Waals surface area contributed by atoms with Gasteiger partial charge in [-0.25, -0.2) is 15.0 Å². The lowest BCUT2D eigenvalue weighted by atomic mass is 10.2. The predicted molar refractivity (Wildman–Crippen MR) is 106 cm³/mol. The Morgan fingerprint density at radius 1 is 1.23 bits per heavy atom. The molecule has 1 aliphatic rings. The van der Waals surface area contributed by atoms with Gasteiger partial charge in [-0.15, -0.1) is 0 Å². The van der Waals surface area contributed by atoms with E-state index >= 15 is 0 Å². The molecule has 12 heteroatoms. The van der Waals surface area contributed by atoms with Gasteiger partial charge in [0.15, 0.2) is 11.7 Å². The summed E-state index contributed by atoms with van der Waals surface area (Å²) in [6, 6.07) is 5.01. The largest absolute Gasteiger partial charge is 0.467 e. The number of ether oxygens (including phenoxy) is 1. The Morgan fingerprint density at radius 3 is 2.67 bits per heavy atom. The molecule has 0 atom stereocenters. The number of fused-ring (bicyclic) bond motifs is 1. The van der Waals surface area contributed by atoms with Crippen molar-refractivity contribution < 1.29 is 22.7 Å². The van der Waals surface area contributed by atoms with Crippen LogP contribution in [0.2, 0.25) is 5.02 Å². The van der Waals surface area contributed by atoms with Gasteiger partial charge in [0.25, 0.3) is 5.91 Å². The normalized spacial score (nSPS) is 14.9. The van der Waals surface area contributed by atoms with Crippen LogP contribution >= 0.6 is 22.9 Å². The number of rotatable bonds is 4. The number of aromatic nitrogens is 3. The Bertz CT molecular complexity index is 1040. The first-order valence-corrected chi connectivity index (χ1v) is 10.1. The van der Waals surface area contributed by atoms with Gasteiger partial charge in [0.05, 0.1) is 5.56 Å². The summed E-state index contributed by atoms with van der Waals surface area (Å²) in [5.41, 5.74) is 1.03. The number of pyridine rings is 2. The number of hydrogen-bond acceptors (Lipinski definition) is 7. The SMILES string of the molecule is O=C(c1cnc(OCC(F)(F)F)c(Cl)c1)N1CCN(c2nc3cccnc3s2)CC1. The first-order chi connectivity index (χ1) is 14.3. The zero-order chi connectivity index (χ0) is 21.3. The maximum atomic E-state index is 12.7. The second-order valence-corrected chi connectivity index (χ2v) is 7.88. The van der Waals surface area contributed by atoms with E-state index in [-0.39, 0.29) is 22.4 Å². The smallest absolute Gasteiger partial charge is 0.422 e. The molecule has 0 aromatic carbocycles. The maximum absolute atomic E-state index is 12.7. The van der Waals surface area contributed by atoms with Crippen LogP contribution in [0.15, 0.2) is 30.6 Å². The molecule has 3 aromatic rings. The molecule has 158 valence electrons. The second kappa shape index (κ2) is 8.23. The summed E-state index contributed by atoms with van der Waals surface area (Å²) in [5.74, 6) is -0.655. The van der Waals surface area contributed by atoms with Gasteiger partial charge in [0.1, 0.15) is 15.4 Å². The van der Waals surface area contributed by atoms with Gasteiger partial charge < -0.3 is 14.5 Å². The fourth-order valence-corrected chi connectivity index (χ4v) is 4.16. The molecule has 30 heavy (non-hydrogen) atoms. The molecule has 1 saturated heterocycles. The minimum atomic E-state index is -4.50. The molecule has 0 radical (unpaired) electrons. The number of carbonyl (C=O) groups excluding carboxylic acids is 1. The van der Waals surface area contributed by atoms with Crippen LogP contribution in [0, 0.1) is 0 Å². The van der Waals surface area contributed by atoms with Crippen LogP contribution in [0.5, 0.6) is 5.88 Å². The van der Waals surface area contributed by atoms with Crippen LogP contribution in [-0.4, -0.2) is 64.7 Å². The first kappa shape index (κ1) is 20.6. The minimum Gasteiger partial charge on any atom is -0.467 e. The van der Waals surface area contributed by atoms with Gasteiger partial charge in [-0.3, -0.25) is 4.79 Å². The van der Waals surface area contributed by atoms with E-state index in [1.165, 1.54) is 23.6 Å². The molecule has 4 rings (SSSR count). The molecule has 0 bridgehead atoms. The van der Waals surface area contributed by atoms with Gasteiger partial charge in [0.2, 0.25) is 5.88 Å². The lowest BCUT2D eigenvalue weighted by Crippen LogP contribution is -2.48. The van der Waals surface area contributed by atoms with Crippen molar-refractivity contribution in [2.75, 3.05) is 37.7 Å². The predicted octanol–water partition coefficient (Wildman–Crippen LogP) is 3.64. The summed E-state index contributed by atoms with van der Waals surface area (Å²) < 4.78 is 41.4. The lowest BCUT2D eigenvalue weighted by Gasteiger charge is -2.34. The number of piperazine rings is 1. The number of halogens is 4. The summed E-state index contributed by atoms with van der Waals surface area (Å²) in [6.45, 7) is 0.619. The van der Waals surface area contributed by atoms with Gasteiger partial charge in [-0.2, -0.15) is 13.2 Å². The zero-order valence-electron chi connectivity index (χ0n) is 15.4. The van der Waals surface area contributed by atoms with Gasteiger partial charge in [-0.05, 0) is 18.2 Å². The fourth-order valence-electron chi connectivity index (χ4n) is 2.98. The van der Waals surface area contributed by atoms with E-state index in [9.17, 15) is 18.0 Å². The van der Waals surface area contributed by atoms with Crippen molar-refractivity contribution in [3.63, 3.8) is 0 Å². The Balaban J connectivity index is 1.38. The molecule has 3 aromatic heterocycles. The van der Waals surface area contributed by atoms with E-state index in [4.69, 9.17) is 11.6 Å². The quantitative estimate of drug-likeness (QED) is 0.595. The summed E-state index contributed by atoms with van der Waals surface area (Å²) in [7, 11) is 0. The number of nitrogens with zero attached hydrogens (tertiary/aromatic N) is 5.